The first-order valence-corrected chi connectivity index (χ1v) is 13.4. The molecule has 0 aliphatic carbocycles. The monoisotopic (exact) mass is 519 g/mol. The van der Waals surface area contributed by atoms with E-state index in [1.807, 2.05) is 57.2 Å². The van der Waals surface area contributed by atoms with E-state index in [-0.39, 0.29) is 19.3 Å². The van der Waals surface area contributed by atoms with Gasteiger partial charge in [0.25, 0.3) is 15.9 Å². The molecule has 0 atom stereocenters. The summed E-state index contributed by atoms with van der Waals surface area (Å²) >= 11 is 0. The third-order valence-corrected chi connectivity index (χ3v) is 7.14. The highest BCUT2D eigenvalue weighted by Gasteiger charge is 2.24. The van der Waals surface area contributed by atoms with Gasteiger partial charge in [-0.25, -0.2) is 14.7 Å². The number of aromatic nitrogens is 2. The number of sulfonamides is 1. The molecule has 2 aromatic carbocycles. The molecule has 0 saturated heterocycles. The summed E-state index contributed by atoms with van der Waals surface area (Å²) in [4.78, 5) is 22.0. The number of aryl methyl sites for hydroxylation is 5. The van der Waals surface area contributed by atoms with Crippen LogP contribution in [0.15, 0.2) is 71.8 Å². The molecule has 2 aromatic heterocycles. The van der Waals surface area contributed by atoms with Crippen molar-refractivity contribution in [3.8, 4) is 22.9 Å². The van der Waals surface area contributed by atoms with Crippen molar-refractivity contribution < 1.29 is 20.8 Å². The van der Waals surface area contributed by atoms with Crippen molar-refractivity contribution in [1.82, 2.24) is 14.7 Å². The van der Waals surface area contributed by atoms with Crippen LogP contribution in [0.25, 0.3) is 11.3 Å². The molecule has 0 bridgehead atoms. The lowest BCUT2D eigenvalue weighted by molar-refractivity contribution is 0.0978. The first-order valence-electron chi connectivity index (χ1n) is 11.9. The fourth-order valence-corrected chi connectivity index (χ4v) is 5.10. The van der Waals surface area contributed by atoms with Crippen molar-refractivity contribution >= 4 is 15.9 Å². The molecular weight excluding hydrogens is 486 g/mol. The molecule has 1 N–H and O–H groups in total. The molecule has 0 radical (unpaired) electrons. The van der Waals surface area contributed by atoms with E-state index < -0.39 is 15.9 Å². The fraction of sp³-hybridized carbons (Fsp3) is 0.207. The SMILES string of the molecule is CCc1cccc(-c2ccc(C(=O)NS(=O)(=O)c3cccc(C)n3)c(Oc3c(C)cc(C)cc3C)n2)c1.[HH].[HH]. The van der Waals surface area contributed by atoms with Gasteiger partial charge in [0, 0.05) is 14.1 Å². The molecule has 4 rings (SSSR count). The van der Waals surface area contributed by atoms with Gasteiger partial charge in [-0.15, -0.1) is 0 Å². The first kappa shape index (κ1) is 26.0. The average molecular weight is 520 g/mol. The Bertz CT molecular complexity index is 1590. The highest BCUT2D eigenvalue weighted by molar-refractivity contribution is 7.90. The summed E-state index contributed by atoms with van der Waals surface area (Å²) in [6.07, 6.45) is 0.865. The number of hydrogen-bond acceptors (Lipinski definition) is 6. The molecule has 0 aliphatic rings. The van der Waals surface area contributed by atoms with E-state index in [0.717, 1.165) is 34.2 Å². The second-order valence-corrected chi connectivity index (χ2v) is 10.6. The van der Waals surface area contributed by atoms with E-state index in [9.17, 15) is 13.2 Å². The Kier molecular flexibility index (Phi) is 7.40. The Hall–Kier alpha value is -4.04. The third-order valence-electron chi connectivity index (χ3n) is 5.90. The van der Waals surface area contributed by atoms with Gasteiger partial charge in [0.2, 0.25) is 5.88 Å². The van der Waals surface area contributed by atoms with E-state index in [1.165, 1.54) is 12.1 Å². The summed E-state index contributed by atoms with van der Waals surface area (Å²) in [7, 11) is -4.21. The van der Waals surface area contributed by atoms with Crippen molar-refractivity contribution in [3.63, 3.8) is 0 Å². The minimum absolute atomic E-state index is 0. The summed E-state index contributed by atoms with van der Waals surface area (Å²) in [5.74, 6) is -0.281. The van der Waals surface area contributed by atoms with Gasteiger partial charge >= 0.3 is 0 Å². The van der Waals surface area contributed by atoms with Crippen LogP contribution in [0.4, 0.5) is 0 Å². The molecule has 0 fully saturated rings. The maximum Gasteiger partial charge on any atom is 0.281 e. The van der Waals surface area contributed by atoms with Crippen LogP contribution < -0.4 is 9.46 Å². The number of nitrogens with one attached hydrogen (secondary N) is 1. The van der Waals surface area contributed by atoms with E-state index in [0.29, 0.717) is 17.1 Å². The van der Waals surface area contributed by atoms with Gasteiger partial charge in [0.15, 0.2) is 5.03 Å². The minimum atomic E-state index is -4.21. The number of ether oxygens (including phenoxy) is 1. The molecule has 1 amide bonds. The molecule has 0 unspecified atom stereocenters. The van der Waals surface area contributed by atoms with Crippen LogP contribution in [0.1, 0.15) is 48.1 Å². The van der Waals surface area contributed by atoms with E-state index in [4.69, 9.17) is 4.74 Å². The van der Waals surface area contributed by atoms with Gasteiger partial charge in [-0.1, -0.05) is 48.9 Å². The van der Waals surface area contributed by atoms with Gasteiger partial charge in [-0.3, -0.25) is 4.79 Å². The molecular formula is C29H33N3O4S. The molecule has 4 aromatic rings. The Morgan fingerprint density at radius 2 is 1.62 bits per heavy atom. The summed E-state index contributed by atoms with van der Waals surface area (Å²) in [5, 5.41) is -0.241. The third kappa shape index (κ3) is 5.86. The molecule has 194 valence electrons. The summed E-state index contributed by atoms with van der Waals surface area (Å²) in [6, 6.07) is 19.7. The summed E-state index contributed by atoms with van der Waals surface area (Å²) < 4.78 is 34.1. The Morgan fingerprint density at radius 3 is 2.30 bits per heavy atom. The molecule has 7 nitrogen and oxygen atoms in total. The van der Waals surface area contributed by atoms with E-state index in [1.54, 1.807) is 25.1 Å². The second kappa shape index (κ2) is 10.5. The van der Waals surface area contributed by atoms with E-state index in [2.05, 4.69) is 21.6 Å². The standard InChI is InChI=1S/C29H29N3O4S.2H2/c1-6-22-10-8-11-23(17-22)25-14-13-24(28(33)32-37(34,35)26-12-7-9-21(5)30-26)29(31-25)36-27-19(3)15-18(2)16-20(27)4;;/h7-17H,6H2,1-5H3,(H,32,33);2*1H. The Balaban J connectivity index is 0.00000267. The summed E-state index contributed by atoms with van der Waals surface area (Å²) in [6.45, 7) is 9.57. The smallest absolute Gasteiger partial charge is 0.281 e. The fourth-order valence-electron chi connectivity index (χ4n) is 4.12. The topological polar surface area (TPSA) is 98.2 Å². The number of hydrogen-bond donors (Lipinski definition) is 1. The lowest BCUT2D eigenvalue weighted by Gasteiger charge is -2.16. The number of rotatable bonds is 7. The number of nitrogens with zero attached hydrogens (tertiary/aromatic N) is 2. The predicted molar refractivity (Wildman–Crippen MR) is 148 cm³/mol. The maximum absolute atomic E-state index is 13.3. The van der Waals surface area contributed by atoms with Crippen LogP contribution in [0.2, 0.25) is 0 Å². The normalized spacial score (nSPS) is 11.3. The van der Waals surface area contributed by atoms with Crippen LogP contribution in [0.3, 0.4) is 0 Å². The highest BCUT2D eigenvalue weighted by Crippen LogP contribution is 2.33. The van der Waals surface area contributed by atoms with Crippen molar-refractivity contribution in [2.75, 3.05) is 0 Å². The van der Waals surface area contributed by atoms with Crippen molar-refractivity contribution in [2.45, 2.75) is 46.1 Å². The van der Waals surface area contributed by atoms with Crippen LogP contribution in [-0.4, -0.2) is 24.3 Å². The molecule has 8 heteroatoms. The van der Waals surface area contributed by atoms with Gasteiger partial charge < -0.3 is 4.74 Å². The van der Waals surface area contributed by atoms with Crippen molar-refractivity contribution in [3.05, 3.63) is 100 Å². The van der Waals surface area contributed by atoms with Gasteiger partial charge in [-0.2, -0.15) is 8.42 Å². The Morgan fingerprint density at radius 1 is 0.919 bits per heavy atom. The van der Waals surface area contributed by atoms with Gasteiger partial charge in [-0.05, 0) is 81.1 Å². The molecule has 37 heavy (non-hydrogen) atoms. The number of pyridine rings is 2. The number of benzene rings is 2. The van der Waals surface area contributed by atoms with Crippen molar-refractivity contribution in [2.24, 2.45) is 0 Å². The summed E-state index contributed by atoms with van der Waals surface area (Å²) in [5.41, 5.74) is 5.95. The maximum atomic E-state index is 13.3. The quantitative estimate of drug-likeness (QED) is 0.306. The van der Waals surface area contributed by atoms with Crippen LogP contribution in [0, 0.1) is 27.7 Å². The lowest BCUT2D eigenvalue weighted by Crippen LogP contribution is -2.31. The average Bonchev–Trinajstić information content (AvgIpc) is 2.86. The molecule has 0 spiro atoms. The number of carbonyl (C=O) groups excluding carboxylic acids is 1. The second-order valence-electron chi connectivity index (χ2n) is 8.98. The zero-order valence-corrected chi connectivity index (χ0v) is 22.3. The first-order chi connectivity index (χ1) is 17.6. The molecule has 0 aliphatic heterocycles. The number of carbonyl (C=O) groups is 1. The van der Waals surface area contributed by atoms with Crippen molar-refractivity contribution in [1.29, 1.82) is 0 Å². The van der Waals surface area contributed by atoms with Gasteiger partial charge in [0.05, 0.1) is 5.69 Å². The predicted octanol–water partition coefficient (Wildman–Crippen LogP) is 6.34. The largest absolute Gasteiger partial charge is 0.438 e. The highest BCUT2D eigenvalue weighted by atomic mass is 32.2. The van der Waals surface area contributed by atoms with E-state index >= 15 is 0 Å². The van der Waals surface area contributed by atoms with Crippen LogP contribution in [0.5, 0.6) is 11.6 Å². The lowest BCUT2D eigenvalue weighted by atomic mass is 10.1. The number of amides is 1. The van der Waals surface area contributed by atoms with Crippen LogP contribution in [-0.2, 0) is 16.4 Å². The van der Waals surface area contributed by atoms with Crippen LogP contribution >= 0.6 is 0 Å². The minimum Gasteiger partial charge on any atom is -0.438 e. The molecule has 0 saturated carbocycles. The zero-order valence-electron chi connectivity index (χ0n) is 21.5. The van der Waals surface area contributed by atoms with Gasteiger partial charge in [0.1, 0.15) is 11.3 Å². The Labute approximate surface area is 220 Å². The molecule has 2 heterocycles. The zero-order chi connectivity index (χ0) is 26.7.